The molecule has 1 aromatic heterocycles. The van der Waals surface area contributed by atoms with E-state index in [1.165, 1.54) is 0 Å². The number of hydrogen-bond donors (Lipinski definition) is 1. The quantitative estimate of drug-likeness (QED) is 0.844. The topological polar surface area (TPSA) is 85.1 Å². The molecule has 0 bridgehead atoms. The average molecular weight is 323 g/mol. The van der Waals surface area contributed by atoms with Gasteiger partial charge in [0.05, 0.1) is 5.75 Å². The van der Waals surface area contributed by atoms with E-state index in [0.29, 0.717) is 18.2 Å². The van der Waals surface area contributed by atoms with Crippen LogP contribution in [0.1, 0.15) is 42.7 Å². The number of aryl methyl sites for hydroxylation is 1. The zero-order valence-corrected chi connectivity index (χ0v) is 13.9. The van der Waals surface area contributed by atoms with Gasteiger partial charge in [-0.2, -0.15) is 0 Å². The van der Waals surface area contributed by atoms with Gasteiger partial charge in [0.2, 0.25) is 21.8 Å². The molecule has 0 saturated heterocycles. The molecular weight excluding hydrogens is 302 g/mol. The van der Waals surface area contributed by atoms with E-state index in [4.69, 9.17) is 4.42 Å². The number of rotatable bonds is 7. The van der Waals surface area contributed by atoms with Gasteiger partial charge >= 0.3 is 0 Å². The number of hydrogen-bond acceptors (Lipinski definition) is 5. The van der Waals surface area contributed by atoms with Crippen LogP contribution in [0.4, 0.5) is 0 Å². The van der Waals surface area contributed by atoms with E-state index in [2.05, 4.69) is 14.9 Å². The Kier molecular flexibility index (Phi) is 5.31. The molecule has 6 nitrogen and oxygen atoms in total. The summed E-state index contributed by atoms with van der Waals surface area (Å²) in [6.07, 6.45) is 0.382. The molecule has 0 aliphatic rings. The second-order valence-corrected chi connectivity index (χ2v) is 7.38. The Bertz CT molecular complexity index is 706. The molecule has 2 aromatic rings. The Balaban J connectivity index is 1.85. The first-order chi connectivity index (χ1) is 10.4. The van der Waals surface area contributed by atoms with Crippen LogP contribution >= 0.6 is 0 Å². The molecule has 0 atom stereocenters. The second kappa shape index (κ2) is 7.02. The molecule has 0 aliphatic heterocycles. The van der Waals surface area contributed by atoms with Gasteiger partial charge in [0.15, 0.2) is 0 Å². The van der Waals surface area contributed by atoms with Crippen LogP contribution in [0.15, 0.2) is 28.7 Å². The van der Waals surface area contributed by atoms with Crippen molar-refractivity contribution in [1.29, 1.82) is 0 Å². The lowest BCUT2D eigenvalue weighted by molar-refractivity contribution is 0.431. The fourth-order valence-electron chi connectivity index (χ4n) is 1.87. The van der Waals surface area contributed by atoms with Crippen molar-refractivity contribution in [1.82, 2.24) is 14.9 Å². The fourth-order valence-corrected chi connectivity index (χ4v) is 3.02. The van der Waals surface area contributed by atoms with Crippen molar-refractivity contribution in [2.75, 3.05) is 6.54 Å². The number of sulfonamides is 1. The third kappa shape index (κ3) is 4.92. The Hall–Kier alpha value is -1.73. The van der Waals surface area contributed by atoms with E-state index in [1.807, 2.05) is 45.0 Å². The molecule has 1 N–H and O–H groups in total. The molecule has 0 aliphatic carbocycles. The molecule has 0 fully saturated rings. The zero-order chi connectivity index (χ0) is 16.2. The van der Waals surface area contributed by atoms with Crippen molar-refractivity contribution in [3.8, 4) is 0 Å². The van der Waals surface area contributed by atoms with E-state index in [-0.39, 0.29) is 18.2 Å². The molecule has 22 heavy (non-hydrogen) atoms. The first-order valence-electron chi connectivity index (χ1n) is 7.21. The molecule has 0 radical (unpaired) electrons. The third-order valence-corrected chi connectivity index (χ3v) is 4.47. The minimum Gasteiger partial charge on any atom is -0.425 e. The monoisotopic (exact) mass is 323 g/mol. The third-order valence-electron chi connectivity index (χ3n) is 3.11. The summed E-state index contributed by atoms with van der Waals surface area (Å²) in [6.45, 7) is 6.13. The van der Waals surface area contributed by atoms with Crippen molar-refractivity contribution in [3.05, 3.63) is 47.2 Å². The van der Waals surface area contributed by atoms with Crippen LogP contribution in [0.25, 0.3) is 0 Å². The predicted octanol–water partition coefficient (Wildman–Crippen LogP) is 2.16. The summed E-state index contributed by atoms with van der Waals surface area (Å²) in [5, 5.41) is 7.81. The molecule has 7 heteroatoms. The Morgan fingerprint density at radius 1 is 1.18 bits per heavy atom. The van der Waals surface area contributed by atoms with Crippen LogP contribution in [0.2, 0.25) is 0 Å². The molecule has 0 amide bonds. The highest BCUT2D eigenvalue weighted by Crippen LogP contribution is 2.12. The number of aromatic nitrogens is 2. The SMILES string of the molecule is Cc1ccc(CS(=O)(=O)NCCc2nnc(C(C)C)o2)cc1. The molecule has 1 aromatic carbocycles. The minimum absolute atomic E-state index is 0.0334. The Labute approximate surface area is 131 Å². The first kappa shape index (κ1) is 16.6. The van der Waals surface area contributed by atoms with Gasteiger partial charge in [0.1, 0.15) is 0 Å². The van der Waals surface area contributed by atoms with Crippen molar-refractivity contribution in [3.63, 3.8) is 0 Å². The number of nitrogens with one attached hydrogen (secondary N) is 1. The van der Waals surface area contributed by atoms with Crippen LogP contribution < -0.4 is 4.72 Å². The van der Waals surface area contributed by atoms with Gasteiger partial charge in [0, 0.05) is 18.9 Å². The van der Waals surface area contributed by atoms with Crippen LogP contribution in [-0.4, -0.2) is 25.2 Å². The smallest absolute Gasteiger partial charge is 0.219 e. The van der Waals surface area contributed by atoms with Crippen molar-refractivity contribution < 1.29 is 12.8 Å². The fraction of sp³-hybridized carbons (Fsp3) is 0.467. The summed E-state index contributed by atoms with van der Waals surface area (Å²) < 4.78 is 32.0. The van der Waals surface area contributed by atoms with E-state index in [1.54, 1.807) is 0 Å². The van der Waals surface area contributed by atoms with Crippen LogP contribution in [0.3, 0.4) is 0 Å². The van der Waals surface area contributed by atoms with Gasteiger partial charge in [0.25, 0.3) is 0 Å². The van der Waals surface area contributed by atoms with Gasteiger partial charge < -0.3 is 4.42 Å². The van der Waals surface area contributed by atoms with Gasteiger partial charge in [-0.1, -0.05) is 43.7 Å². The van der Waals surface area contributed by atoms with E-state index < -0.39 is 10.0 Å². The molecular formula is C15H21N3O3S. The highest BCUT2D eigenvalue weighted by Gasteiger charge is 2.13. The van der Waals surface area contributed by atoms with E-state index in [0.717, 1.165) is 11.1 Å². The largest absolute Gasteiger partial charge is 0.425 e. The molecule has 120 valence electrons. The van der Waals surface area contributed by atoms with Crippen LogP contribution in [-0.2, 0) is 22.2 Å². The zero-order valence-electron chi connectivity index (χ0n) is 13.0. The van der Waals surface area contributed by atoms with Gasteiger partial charge in [-0.3, -0.25) is 0 Å². The highest BCUT2D eigenvalue weighted by molar-refractivity contribution is 7.88. The molecule has 2 rings (SSSR count). The number of nitrogens with zero attached hydrogens (tertiary/aromatic N) is 2. The minimum atomic E-state index is -3.37. The van der Waals surface area contributed by atoms with Crippen molar-refractivity contribution >= 4 is 10.0 Å². The van der Waals surface area contributed by atoms with Crippen molar-refractivity contribution in [2.45, 2.75) is 38.9 Å². The van der Waals surface area contributed by atoms with Crippen LogP contribution in [0, 0.1) is 6.92 Å². The first-order valence-corrected chi connectivity index (χ1v) is 8.86. The predicted molar refractivity (Wildman–Crippen MR) is 83.9 cm³/mol. The van der Waals surface area contributed by atoms with Gasteiger partial charge in [-0.25, -0.2) is 13.1 Å². The summed E-state index contributed by atoms with van der Waals surface area (Å²) in [7, 11) is -3.37. The van der Waals surface area contributed by atoms with E-state index in [9.17, 15) is 8.42 Å². The molecule has 1 heterocycles. The number of benzene rings is 1. The second-order valence-electron chi connectivity index (χ2n) is 5.58. The maximum absolute atomic E-state index is 12.0. The molecule has 0 unspecified atom stereocenters. The van der Waals surface area contributed by atoms with E-state index >= 15 is 0 Å². The highest BCUT2D eigenvalue weighted by atomic mass is 32.2. The summed E-state index contributed by atoms with van der Waals surface area (Å²) in [5.74, 6) is 1.15. The van der Waals surface area contributed by atoms with Crippen LogP contribution in [0.5, 0.6) is 0 Å². The van der Waals surface area contributed by atoms with Crippen molar-refractivity contribution in [2.24, 2.45) is 0 Å². The lowest BCUT2D eigenvalue weighted by Crippen LogP contribution is -2.27. The maximum atomic E-state index is 12.0. The van der Waals surface area contributed by atoms with Gasteiger partial charge in [-0.05, 0) is 12.5 Å². The molecule has 0 spiro atoms. The van der Waals surface area contributed by atoms with Gasteiger partial charge in [-0.15, -0.1) is 10.2 Å². The summed E-state index contributed by atoms with van der Waals surface area (Å²) >= 11 is 0. The summed E-state index contributed by atoms with van der Waals surface area (Å²) in [5.41, 5.74) is 1.87. The molecule has 0 saturated carbocycles. The Morgan fingerprint density at radius 3 is 2.45 bits per heavy atom. The Morgan fingerprint density at radius 2 is 1.86 bits per heavy atom. The average Bonchev–Trinajstić information content (AvgIpc) is 2.90. The normalized spacial score (nSPS) is 12.0. The standard InChI is InChI=1S/C15H21N3O3S/c1-11(2)15-18-17-14(21-15)8-9-16-22(19,20)10-13-6-4-12(3)5-7-13/h4-7,11,16H,8-10H2,1-3H3. The maximum Gasteiger partial charge on any atom is 0.219 e. The summed E-state index contributed by atoms with van der Waals surface area (Å²) in [4.78, 5) is 0. The summed E-state index contributed by atoms with van der Waals surface area (Å²) in [6, 6.07) is 7.44. The lowest BCUT2D eigenvalue weighted by Gasteiger charge is -2.06. The lowest BCUT2D eigenvalue weighted by atomic mass is 10.2.